The largest absolute Gasteiger partial charge is 0.295 e. The van der Waals surface area contributed by atoms with E-state index in [1.54, 1.807) is 0 Å². The van der Waals surface area contributed by atoms with E-state index in [-0.39, 0.29) is 0 Å². The van der Waals surface area contributed by atoms with Crippen molar-refractivity contribution in [2.24, 2.45) is 0 Å². The second kappa shape index (κ2) is 13.3. The van der Waals surface area contributed by atoms with E-state index in [4.69, 9.17) is 4.98 Å². The predicted octanol–water partition coefficient (Wildman–Crippen LogP) is 13.5. The zero-order valence-corrected chi connectivity index (χ0v) is 28.0. The molecular formula is C49H34N2. The van der Waals surface area contributed by atoms with Crippen LogP contribution in [0.1, 0.15) is 0 Å². The Kier molecular flexibility index (Phi) is 7.88. The smallest absolute Gasteiger partial charge is 0.137 e. The Balaban J connectivity index is 1.25. The van der Waals surface area contributed by atoms with E-state index in [0.29, 0.717) is 0 Å². The maximum absolute atomic E-state index is 4.71. The van der Waals surface area contributed by atoms with Gasteiger partial charge >= 0.3 is 0 Å². The summed E-state index contributed by atoms with van der Waals surface area (Å²) in [5.74, 6) is 0.879. The number of pyridine rings is 1. The van der Waals surface area contributed by atoms with Crippen molar-refractivity contribution in [3.8, 4) is 44.5 Å². The first-order chi connectivity index (χ1) is 25.3. The number of fused-ring (bicyclic) bond motifs is 2. The number of benzene rings is 8. The summed E-state index contributed by atoms with van der Waals surface area (Å²) in [5.41, 5.74) is 11.8. The zero-order chi connectivity index (χ0) is 34.0. The van der Waals surface area contributed by atoms with Crippen molar-refractivity contribution >= 4 is 38.7 Å². The van der Waals surface area contributed by atoms with Crippen molar-refractivity contribution in [2.75, 3.05) is 4.90 Å². The highest BCUT2D eigenvalue weighted by molar-refractivity contribution is 6.21. The molecule has 240 valence electrons. The predicted molar refractivity (Wildman–Crippen MR) is 216 cm³/mol. The maximum Gasteiger partial charge on any atom is 0.137 e. The third kappa shape index (κ3) is 5.73. The molecule has 51 heavy (non-hydrogen) atoms. The average molecular weight is 651 g/mol. The third-order valence-electron chi connectivity index (χ3n) is 9.67. The molecule has 2 heteroatoms. The molecule has 1 aromatic heterocycles. The van der Waals surface area contributed by atoms with Crippen LogP contribution in [0.2, 0.25) is 0 Å². The van der Waals surface area contributed by atoms with Crippen molar-refractivity contribution in [1.29, 1.82) is 0 Å². The fraction of sp³-hybridized carbons (Fsp3) is 0. The van der Waals surface area contributed by atoms with Crippen LogP contribution in [-0.4, -0.2) is 4.98 Å². The molecule has 2 nitrogen and oxygen atoms in total. The molecule has 0 amide bonds. The lowest BCUT2D eigenvalue weighted by Gasteiger charge is -2.24. The van der Waals surface area contributed by atoms with Crippen LogP contribution < -0.4 is 4.90 Å². The number of para-hydroxylation sites is 1. The van der Waals surface area contributed by atoms with Gasteiger partial charge in [0.25, 0.3) is 0 Å². The first-order valence-corrected chi connectivity index (χ1v) is 17.4. The molecule has 0 radical (unpaired) electrons. The summed E-state index contributed by atoms with van der Waals surface area (Å²) in [7, 11) is 0. The molecule has 0 N–H and O–H groups in total. The minimum absolute atomic E-state index is 0.879. The van der Waals surface area contributed by atoms with Gasteiger partial charge in [0, 0.05) is 17.6 Å². The minimum Gasteiger partial charge on any atom is -0.295 e. The lowest BCUT2D eigenvalue weighted by Crippen LogP contribution is -2.11. The van der Waals surface area contributed by atoms with Crippen molar-refractivity contribution in [3.63, 3.8) is 0 Å². The van der Waals surface area contributed by atoms with E-state index in [1.807, 2.05) is 24.4 Å². The second-order valence-corrected chi connectivity index (χ2v) is 12.8. The second-order valence-electron chi connectivity index (χ2n) is 12.8. The van der Waals surface area contributed by atoms with Crippen LogP contribution in [0.4, 0.5) is 17.2 Å². The van der Waals surface area contributed by atoms with Gasteiger partial charge < -0.3 is 0 Å². The maximum atomic E-state index is 4.71. The highest BCUT2D eigenvalue weighted by Gasteiger charge is 2.19. The topological polar surface area (TPSA) is 16.1 Å². The molecule has 9 aromatic rings. The van der Waals surface area contributed by atoms with Crippen LogP contribution in [0.25, 0.3) is 66.1 Å². The Morgan fingerprint density at radius 1 is 0.294 bits per heavy atom. The van der Waals surface area contributed by atoms with E-state index >= 15 is 0 Å². The van der Waals surface area contributed by atoms with Crippen LogP contribution >= 0.6 is 0 Å². The lowest BCUT2D eigenvalue weighted by molar-refractivity contribution is 1.18. The molecule has 8 aromatic carbocycles. The first kappa shape index (κ1) is 30.3. The van der Waals surface area contributed by atoms with Crippen molar-refractivity contribution in [2.45, 2.75) is 0 Å². The third-order valence-corrected chi connectivity index (χ3v) is 9.67. The number of hydrogen-bond donors (Lipinski definition) is 0. The van der Waals surface area contributed by atoms with Gasteiger partial charge in [0.2, 0.25) is 0 Å². The molecule has 0 saturated heterocycles. The summed E-state index contributed by atoms with van der Waals surface area (Å²) in [6.07, 6.45) is 1.85. The highest BCUT2D eigenvalue weighted by Crippen LogP contribution is 2.46. The van der Waals surface area contributed by atoms with Gasteiger partial charge in [-0.15, -0.1) is 0 Å². The Hall–Kier alpha value is -6.77. The molecule has 0 spiro atoms. The van der Waals surface area contributed by atoms with Gasteiger partial charge in [0.1, 0.15) is 5.82 Å². The summed E-state index contributed by atoms with van der Waals surface area (Å²) >= 11 is 0. The molecule has 0 bridgehead atoms. The van der Waals surface area contributed by atoms with E-state index in [0.717, 1.165) is 17.2 Å². The Morgan fingerprint density at radius 3 is 1.20 bits per heavy atom. The van der Waals surface area contributed by atoms with Gasteiger partial charge in [-0.2, -0.15) is 0 Å². The normalized spacial score (nSPS) is 11.1. The van der Waals surface area contributed by atoms with Gasteiger partial charge in [-0.1, -0.05) is 146 Å². The van der Waals surface area contributed by atoms with Crippen molar-refractivity contribution < 1.29 is 0 Å². The van der Waals surface area contributed by atoms with Crippen LogP contribution in [0, 0.1) is 0 Å². The van der Waals surface area contributed by atoms with Gasteiger partial charge in [-0.05, 0) is 121 Å². The van der Waals surface area contributed by atoms with E-state index in [9.17, 15) is 0 Å². The number of hydrogen-bond acceptors (Lipinski definition) is 2. The molecule has 0 aliphatic carbocycles. The van der Waals surface area contributed by atoms with Crippen LogP contribution in [0.5, 0.6) is 0 Å². The first-order valence-electron chi connectivity index (χ1n) is 17.4. The number of aromatic nitrogens is 1. The Morgan fingerprint density at radius 2 is 0.706 bits per heavy atom. The molecule has 1 heterocycles. The number of anilines is 3. The van der Waals surface area contributed by atoms with E-state index in [2.05, 4.69) is 187 Å². The summed E-state index contributed by atoms with van der Waals surface area (Å²) in [5, 5.41) is 4.93. The van der Waals surface area contributed by atoms with Crippen LogP contribution in [0.3, 0.4) is 0 Å². The summed E-state index contributed by atoms with van der Waals surface area (Å²) in [4.78, 5) is 6.91. The number of rotatable bonds is 7. The van der Waals surface area contributed by atoms with Crippen LogP contribution in [-0.2, 0) is 0 Å². The average Bonchev–Trinajstić information content (AvgIpc) is 3.21. The van der Waals surface area contributed by atoms with Crippen LogP contribution in [0.15, 0.2) is 206 Å². The highest BCUT2D eigenvalue weighted by atomic mass is 15.2. The molecule has 0 aliphatic heterocycles. The summed E-state index contributed by atoms with van der Waals surface area (Å²) in [6, 6.07) is 71.6. The summed E-state index contributed by atoms with van der Waals surface area (Å²) in [6.45, 7) is 0. The quantitative estimate of drug-likeness (QED) is 0.160. The van der Waals surface area contributed by atoms with E-state index < -0.39 is 0 Å². The van der Waals surface area contributed by atoms with Gasteiger partial charge in [0.15, 0.2) is 0 Å². The SMILES string of the molecule is c1ccc(-c2cc(-c3ccccc3)cc(-c3c4ccccc4c(-c4ccc(N(c5ccccc5)c5ccccn5)cc4)c4ccccc34)c2)cc1. The lowest BCUT2D eigenvalue weighted by atomic mass is 9.84. The van der Waals surface area contributed by atoms with Gasteiger partial charge in [-0.25, -0.2) is 4.98 Å². The molecule has 0 unspecified atom stereocenters. The fourth-order valence-electron chi connectivity index (χ4n) is 7.37. The van der Waals surface area contributed by atoms with Gasteiger partial charge in [-0.3, -0.25) is 4.90 Å². The molecular weight excluding hydrogens is 617 g/mol. The number of nitrogens with zero attached hydrogens (tertiary/aromatic N) is 2. The minimum atomic E-state index is 0.879. The molecule has 0 saturated carbocycles. The van der Waals surface area contributed by atoms with Gasteiger partial charge in [0.05, 0.1) is 0 Å². The fourth-order valence-corrected chi connectivity index (χ4v) is 7.37. The molecule has 0 fully saturated rings. The zero-order valence-electron chi connectivity index (χ0n) is 28.0. The molecule has 9 rings (SSSR count). The van der Waals surface area contributed by atoms with Crippen molar-refractivity contribution in [3.05, 3.63) is 206 Å². The summed E-state index contributed by atoms with van der Waals surface area (Å²) < 4.78 is 0. The van der Waals surface area contributed by atoms with E-state index in [1.165, 1.54) is 66.1 Å². The Bertz CT molecular complexity index is 2440. The monoisotopic (exact) mass is 650 g/mol. The van der Waals surface area contributed by atoms with Crippen molar-refractivity contribution in [1.82, 2.24) is 4.98 Å². The standard InChI is InChI=1S/C49H34N2/c1-4-16-35(17-5-1)38-32-39(36-18-6-2-7-19-36)34-40(33-38)49-45-24-12-10-22-43(45)48(44-23-11-13-25-46(44)49)37-27-29-42(30-28-37)51(41-20-8-3-9-21-41)47-26-14-15-31-50-47/h1-34H. The molecule has 0 atom stereocenters. The Labute approximate surface area is 298 Å². The molecule has 0 aliphatic rings.